The van der Waals surface area contributed by atoms with E-state index in [1.54, 1.807) is 29.2 Å². The molecule has 0 saturated carbocycles. The van der Waals surface area contributed by atoms with Crippen LogP contribution in [0.3, 0.4) is 0 Å². The van der Waals surface area contributed by atoms with E-state index < -0.39 is 27.9 Å². The molecule has 208 valence electrons. The Kier molecular flexibility index (Phi) is 9.16. The topological polar surface area (TPSA) is 129 Å². The lowest BCUT2D eigenvalue weighted by Gasteiger charge is -2.37. The maximum absolute atomic E-state index is 12.7. The molecule has 1 atom stereocenters. The minimum Gasteiger partial charge on any atom is -0.489 e. The van der Waals surface area contributed by atoms with Gasteiger partial charge in [0, 0.05) is 54.9 Å². The molecule has 10 nitrogen and oxygen atoms in total. The zero-order valence-corrected chi connectivity index (χ0v) is 23.0. The number of aromatic nitrogens is 1. The van der Waals surface area contributed by atoms with Gasteiger partial charge in [-0.3, -0.25) is 19.5 Å². The monoisotopic (exact) mass is 554 g/mol. The van der Waals surface area contributed by atoms with Crippen LogP contribution in [0.1, 0.15) is 35.0 Å². The highest BCUT2D eigenvalue weighted by molar-refractivity contribution is 7.89. The van der Waals surface area contributed by atoms with Crippen LogP contribution in [0.2, 0.25) is 0 Å². The van der Waals surface area contributed by atoms with Gasteiger partial charge >= 0.3 is 5.97 Å². The standard InChI is InChI=1S/C28H34N4O6S/c1-3-16-39(36,37)32-14-12-31(13-15-32)26(28(34)35)18-29-27(33)21-8-10-23(11-9-21)38-19-22-17-20(2)30-25-7-5-4-6-24(22)25/h4-11,17,26H,3,12-16,18-19H2,1-2H3,(H,29,33)(H,34,35)/t26-/m0/s1. The number of sulfonamides is 1. The van der Waals surface area contributed by atoms with Crippen molar-refractivity contribution in [3.63, 3.8) is 0 Å². The van der Waals surface area contributed by atoms with Crippen molar-refractivity contribution in [2.75, 3.05) is 38.5 Å². The van der Waals surface area contributed by atoms with Crippen LogP contribution in [0.15, 0.2) is 54.6 Å². The third-order valence-corrected chi connectivity index (χ3v) is 8.83. The minimum absolute atomic E-state index is 0.0789. The number of benzene rings is 2. The predicted molar refractivity (Wildman–Crippen MR) is 148 cm³/mol. The van der Waals surface area contributed by atoms with E-state index in [1.165, 1.54) is 4.31 Å². The summed E-state index contributed by atoms with van der Waals surface area (Å²) >= 11 is 0. The third kappa shape index (κ3) is 7.11. The largest absolute Gasteiger partial charge is 0.489 e. The smallest absolute Gasteiger partial charge is 0.322 e. The zero-order valence-electron chi connectivity index (χ0n) is 22.2. The number of rotatable bonds is 11. The molecule has 0 unspecified atom stereocenters. The van der Waals surface area contributed by atoms with Crippen molar-refractivity contribution in [1.29, 1.82) is 0 Å². The molecule has 1 saturated heterocycles. The maximum atomic E-state index is 12.7. The summed E-state index contributed by atoms with van der Waals surface area (Å²) in [4.78, 5) is 30.9. The number of nitrogens with zero attached hydrogens (tertiary/aromatic N) is 3. The minimum atomic E-state index is -3.32. The normalized spacial score (nSPS) is 15.6. The fraction of sp³-hybridized carbons (Fsp3) is 0.393. The molecule has 2 aromatic carbocycles. The van der Waals surface area contributed by atoms with Crippen molar-refractivity contribution in [1.82, 2.24) is 19.5 Å². The van der Waals surface area contributed by atoms with Crippen LogP contribution in [0, 0.1) is 6.92 Å². The Balaban J connectivity index is 1.31. The van der Waals surface area contributed by atoms with Crippen molar-refractivity contribution < 1.29 is 27.9 Å². The molecule has 4 rings (SSSR count). The summed E-state index contributed by atoms with van der Waals surface area (Å²) < 4.78 is 32.0. The number of para-hydroxylation sites is 1. The average Bonchev–Trinajstić information content (AvgIpc) is 2.92. The Hall–Kier alpha value is -3.54. The molecule has 1 fully saturated rings. The maximum Gasteiger partial charge on any atom is 0.322 e. The number of carboxylic acid groups (broad SMARTS) is 1. The average molecular weight is 555 g/mol. The first-order chi connectivity index (χ1) is 18.7. The fourth-order valence-electron chi connectivity index (χ4n) is 4.72. The van der Waals surface area contributed by atoms with Gasteiger partial charge in [0.25, 0.3) is 5.91 Å². The Morgan fingerprint density at radius 2 is 1.77 bits per heavy atom. The summed E-state index contributed by atoms with van der Waals surface area (Å²) in [5.74, 6) is -0.782. The fourth-order valence-corrected chi connectivity index (χ4v) is 6.22. The number of nitrogens with one attached hydrogen (secondary N) is 1. The second kappa shape index (κ2) is 12.5. The summed E-state index contributed by atoms with van der Waals surface area (Å²) in [5, 5.41) is 13.5. The first-order valence-corrected chi connectivity index (χ1v) is 14.6. The van der Waals surface area contributed by atoms with Gasteiger partial charge in [-0.15, -0.1) is 0 Å². The molecule has 1 amide bonds. The molecule has 39 heavy (non-hydrogen) atoms. The molecule has 0 aliphatic carbocycles. The molecule has 2 N–H and O–H groups in total. The molecule has 1 aromatic heterocycles. The highest BCUT2D eigenvalue weighted by atomic mass is 32.2. The van der Waals surface area contributed by atoms with Gasteiger partial charge in [0.1, 0.15) is 18.4 Å². The van der Waals surface area contributed by atoms with Gasteiger partial charge in [0.15, 0.2) is 0 Å². The summed E-state index contributed by atoms with van der Waals surface area (Å²) in [7, 11) is -3.32. The van der Waals surface area contributed by atoms with Crippen LogP contribution >= 0.6 is 0 Å². The Bertz CT molecular complexity index is 1420. The lowest BCUT2D eigenvalue weighted by Crippen LogP contribution is -2.57. The van der Waals surface area contributed by atoms with E-state index in [0.717, 1.165) is 22.2 Å². The highest BCUT2D eigenvalue weighted by Crippen LogP contribution is 2.21. The van der Waals surface area contributed by atoms with Gasteiger partial charge in [-0.25, -0.2) is 8.42 Å². The number of hydrogen-bond acceptors (Lipinski definition) is 7. The van der Waals surface area contributed by atoms with Crippen molar-refractivity contribution >= 4 is 32.8 Å². The number of amides is 1. The number of aliphatic carboxylic acids is 1. The summed E-state index contributed by atoms with van der Waals surface area (Å²) in [6.07, 6.45) is 0.529. The SMILES string of the molecule is CCCS(=O)(=O)N1CCN([C@@H](CNC(=O)c2ccc(OCc3cc(C)nc4ccccc34)cc2)C(=O)O)CC1. The van der Waals surface area contributed by atoms with E-state index in [9.17, 15) is 23.1 Å². The first kappa shape index (κ1) is 28.5. The number of hydrogen-bond donors (Lipinski definition) is 2. The second-order valence-corrected chi connectivity index (χ2v) is 11.7. The molecule has 2 heterocycles. The van der Waals surface area contributed by atoms with Crippen molar-refractivity contribution in [3.05, 3.63) is 71.4 Å². The molecular formula is C28H34N4O6S. The van der Waals surface area contributed by atoms with Crippen molar-refractivity contribution in [3.8, 4) is 5.75 Å². The van der Waals surface area contributed by atoms with Crippen LogP contribution < -0.4 is 10.1 Å². The Morgan fingerprint density at radius 1 is 1.08 bits per heavy atom. The lowest BCUT2D eigenvalue weighted by atomic mass is 10.1. The van der Waals surface area contributed by atoms with Gasteiger partial charge in [0.2, 0.25) is 10.0 Å². The second-order valence-electron chi connectivity index (χ2n) is 9.57. The zero-order chi connectivity index (χ0) is 28.0. The van der Waals surface area contributed by atoms with Gasteiger partial charge in [0.05, 0.1) is 11.3 Å². The van der Waals surface area contributed by atoms with E-state index in [2.05, 4.69) is 10.3 Å². The predicted octanol–water partition coefficient (Wildman–Crippen LogP) is 2.66. The molecule has 0 spiro atoms. The summed E-state index contributed by atoms with van der Waals surface area (Å²) in [5.41, 5.74) is 3.21. The molecule has 0 bridgehead atoms. The van der Waals surface area contributed by atoms with Gasteiger partial charge in [-0.2, -0.15) is 4.31 Å². The Labute approximate surface area is 228 Å². The van der Waals surface area contributed by atoms with E-state index in [-0.39, 0.29) is 38.5 Å². The molecule has 1 aliphatic heterocycles. The van der Waals surface area contributed by atoms with Crippen LogP contribution in [-0.4, -0.2) is 84.1 Å². The number of carbonyl (C=O) groups is 2. The number of fused-ring (bicyclic) bond motifs is 1. The number of ether oxygens (including phenoxy) is 1. The molecule has 11 heteroatoms. The van der Waals surface area contributed by atoms with Crippen LogP contribution in [-0.2, 0) is 21.4 Å². The quantitative estimate of drug-likeness (QED) is 0.370. The van der Waals surface area contributed by atoms with E-state index >= 15 is 0 Å². The van der Waals surface area contributed by atoms with Gasteiger partial charge in [-0.1, -0.05) is 25.1 Å². The summed E-state index contributed by atoms with van der Waals surface area (Å²) in [6, 6.07) is 15.6. The first-order valence-electron chi connectivity index (χ1n) is 13.0. The van der Waals surface area contributed by atoms with Crippen LogP contribution in [0.25, 0.3) is 10.9 Å². The lowest BCUT2D eigenvalue weighted by molar-refractivity contribution is -0.143. The van der Waals surface area contributed by atoms with Crippen LogP contribution in [0.5, 0.6) is 5.75 Å². The Morgan fingerprint density at radius 3 is 2.44 bits per heavy atom. The number of carboxylic acids is 1. The molecule has 3 aromatic rings. The highest BCUT2D eigenvalue weighted by Gasteiger charge is 2.32. The molecule has 1 aliphatic rings. The number of pyridine rings is 1. The number of piperazine rings is 1. The van der Waals surface area contributed by atoms with Crippen molar-refractivity contribution in [2.24, 2.45) is 0 Å². The van der Waals surface area contributed by atoms with Gasteiger partial charge in [-0.05, 0) is 49.7 Å². The van der Waals surface area contributed by atoms with E-state index in [1.807, 2.05) is 44.2 Å². The summed E-state index contributed by atoms with van der Waals surface area (Å²) in [6.45, 7) is 5.04. The number of carbonyl (C=O) groups excluding carboxylic acids is 1. The van der Waals surface area contributed by atoms with E-state index in [4.69, 9.17) is 4.74 Å². The van der Waals surface area contributed by atoms with Crippen LogP contribution in [0.4, 0.5) is 0 Å². The molecular weight excluding hydrogens is 520 g/mol. The van der Waals surface area contributed by atoms with Gasteiger partial charge < -0.3 is 15.2 Å². The van der Waals surface area contributed by atoms with Crippen molar-refractivity contribution in [2.45, 2.75) is 32.9 Å². The van der Waals surface area contributed by atoms with E-state index in [0.29, 0.717) is 24.3 Å². The number of aryl methyl sites for hydroxylation is 1. The third-order valence-electron chi connectivity index (χ3n) is 6.75. The molecule has 0 radical (unpaired) electrons.